The third-order valence-electron chi connectivity index (χ3n) is 4.13. The summed E-state index contributed by atoms with van der Waals surface area (Å²) < 4.78 is 1.34. The first-order valence-electron chi connectivity index (χ1n) is 7.73. The number of H-pyrrole nitrogens is 1. The molecule has 1 unspecified atom stereocenters. The number of aryl methyl sites for hydroxylation is 1. The van der Waals surface area contributed by atoms with Crippen LogP contribution in [0, 0.1) is 0 Å². The number of nitrogens with one attached hydrogen (secondary N) is 2. The normalized spacial score (nSPS) is 18.0. The molecule has 23 heavy (non-hydrogen) atoms. The van der Waals surface area contributed by atoms with Crippen LogP contribution in [0.25, 0.3) is 0 Å². The van der Waals surface area contributed by atoms with E-state index >= 15 is 0 Å². The molecule has 2 N–H and O–H groups in total. The van der Waals surface area contributed by atoms with Crippen molar-refractivity contribution < 1.29 is 4.79 Å². The fourth-order valence-electron chi connectivity index (χ4n) is 2.85. The number of aromatic nitrogens is 4. The molecule has 0 aromatic carbocycles. The van der Waals surface area contributed by atoms with Gasteiger partial charge in [0.1, 0.15) is 5.82 Å². The predicted molar refractivity (Wildman–Crippen MR) is 85.4 cm³/mol. The van der Waals surface area contributed by atoms with Crippen LogP contribution in [0.2, 0.25) is 0 Å². The first-order valence-corrected chi connectivity index (χ1v) is 7.73. The molecule has 1 aliphatic rings. The Labute approximate surface area is 133 Å². The van der Waals surface area contributed by atoms with Crippen molar-refractivity contribution in [3.8, 4) is 0 Å². The number of piperidine rings is 1. The van der Waals surface area contributed by atoms with Crippen LogP contribution in [0.4, 0.5) is 5.82 Å². The molecule has 0 aliphatic carbocycles. The second-order valence-electron chi connectivity index (χ2n) is 5.69. The zero-order chi connectivity index (χ0) is 16.2. The van der Waals surface area contributed by atoms with E-state index in [9.17, 15) is 9.59 Å². The molecular formula is C15H20N6O2. The Morgan fingerprint density at radius 2 is 2.30 bits per heavy atom. The van der Waals surface area contributed by atoms with E-state index in [1.807, 2.05) is 0 Å². The molecule has 1 amide bonds. The molecule has 0 bridgehead atoms. The summed E-state index contributed by atoms with van der Waals surface area (Å²) in [6.45, 7) is 1.41. The molecule has 1 fully saturated rings. The molecule has 122 valence electrons. The molecule has 1 aliphatic heterocycles. The van der Waals surface area contributed by atoms with E-state index in [0.717, 1.165) is 31.6 Å². The zero-order valence-electron chi connectivity index (χ0n) is 13.0. The summed E-state index contributed by atoms with van der Waals surface area (Å²) in [5.41, 5.74) is 0.392. The summed E-state index contributed by atoms with van der Waals surface area (Å²) in [4.78, 5) is 25.7. The van der Waals surface area contributed by atoms with Gasteiger partial charge in [0.15, 0.2) is 0 Å². The Morgan fingerprint density at radius 3 is 3.04 bits per heavy atom. The van der Waals surface area contributed by atoms with Crippen LogP contribution in [0.3, 0.4) is 0 Å². The summed E-state index contributed by atoms with van der Waals surface area (Å²) in [6, 6.07) is 3.45. The maximum absolute atomic E-state index is 12.0. The van der Waals surface area contributed by atoms with E-state index in [-0.39, 0.29) is 17.5 Å². The van der Waals surface area contributed by atoms with Crippen molar-refractivity contribution >= 4 is 11.7 Å². The van der Waals surface area contributed by atoms with Gasteiger partial charge in [0, 0.05) is 38.4 Å². The number of aromatic amines is 1. The molecule has 0 spiro atoms. The number of hydrogen-bond donors (Lipinski definition) is 2. The maximum Gasteiger partial charge on any atom is 0.266 e. The van der Waals surface area contributed by atoms with Crippen LogP contribution in [0.15, 0.2) is 29.3 Å². The lowest BCUT2D eigenvalue weighted by molar-refractivity contribution is 0.0949. The van der Waals surface area contributed by atoms with E-state index < -0.39 is 0 Å². The number of hydrogen-bond acceptors (Lipinski definition) is 5. The van der Waals surface area contributed by atoms with E-state index in [2.05, 4.69) is 25.5 Å². The van der Waals surface area contributed by atoms with Crippen molar-refractivity contribution in [2.75, 3.05) is 18.0 Å². The Kier molecular flexibility index (Phi) is 4.40. The molecule has 8 heteroatoms. The van der Waals surface area contributed by atoms with Crippen molar-refractivity contribution in [1.29, 1.82) is 0 Å². The quantitative estimate of drug-likeness (QED) is 0.845. The lowest BCUT2D eigenvalue weighted by Crippen LogP contribution is -2.47. The fraction of sp³-hybridized carbons (Fsp3) is 0.467. The maximum atomic E-state index is 12.0. The van der Waals surface area contributed by atoms with Gasteiger partial charge in [-0.2, -0.15) is 10.2 Å². The second kappa shape index (κ2) is 6.64. The topological polar surface area (TPSA) is 95.9 Å². The third kappa shape index (κ3) is 3.41. The molecule has 1 saturated heterocycles. The highest BCUT2D eigenvalue weighted by atomic mass is 16.1. The van der Waals surface area contributed by atoms with Crippen LogP contribution in [-0.2, 0) is 7.05 Å². The van der Waals surface area contributed by atoms with Crippen molar-refractivity contribution in [2.24, 2.45) is 7.05 Å². The van der Waals surface area contributed by atoms with Gasteiger partial charge in [0.2, 0.25) is 0 Å². The highest BCUT2D eigenvalue weighted by Crippen LogP contribution is 2.21. The number of nitrogens with zero attached hydrogens (tertiary/aromatic N) is 4. The highest BCUT2D eigenvalue weighted by Gasteiger charge is 2.24. The van der Waals surface area contributed by atoms with Gasteiger partial charge in [-0.25, -0.2) is 4.68 Å². The van der Waals surface area contributed by atoms with Crippen LogP contribution < -0.4 is 15.8 Å². The largest absolute Gasteiger partial charge is 0.350 e. The molecule has 2 aromatic rings. The first-order chi connectivity index (χ1) is 11.1. The minimum absolute atomic E-state index is 0.129. The molecule has 8 nitrogen and oxygen atoms in total. The summed E-state index contributed by atoms with van der Waals surface area (Å²) in [6.07, 6.45) is 6.26. The van der Waals surface area contributed by atoms with E-state index in [4.69, 9.17) is 0 Å². The van der Waals surface area contributed by atoms with Gasteiger partial charge in [0.05, 0.1) is 11.8 Å². The van der Waals surface area contributed by atoms with Crippen molar-refractivity contribution in [2.45, 2.75) is 25.3 Å². The average molecular weight is 316 g/mol. The van der Waals surface area contributed by atoms with Gasteiger partial charge in [-0.1, -0.05) is 0 Å². The summed E-state index contributed by atoms with van der Waals surface area (Å²) in [7, 11) is 1.64. The van der Waals surface area contributed by atoms with Gasteiger partial charge >= 0.3 is 0 Å². The molecule has 2 aromatic heterocycles. The van der Waals surface area contributed by atoms with Crippen molar-refractivity contribution in [3.63, 3.8) is 0 Å². The number of anilines is 1. The fourth-order valence-corrected chi connectivity index (χ4v) is 2.85. The summed E-state index contributed by atoms with van der Waals surface area (Å²) in [5, 5.41) is 13.7. The summed E-state index contributed by atoms with van der Waals surface area (Å²) >= 11 is 0. The van der Waals surface area contributed by atoms with E-state index in [0.29, 0.717) is 12.1 Å². The number of carbonyl (C=O) groups is 1. The Hall–Kier alpha value is -2.64. The van der Waals surface area contributed by atoms with Crippen molar-refractivity contribution in [3.05, 3.63) is 40.4 Å². The molecular weight excluding hydrogens is 296 g/mol. The lowest BCUT2D eigenvalue weighted by Gasteiger charge is -2.36. The van der Waals surface area contributed by atoms with Gasteiger partial charge in [0.25, 0.3) is 11.5 Å². The Morgan fingerprint density at radius 1 is 1.43 bits per heavy atom. The number of carbonyl (C=O) groups excluding carboxylic acids is 1. The van der Waals surface area contributed by atoms with Crippen LogP contribution in [-0.4, -0.2) is 45.0 Å². The van der Waals surface area contributed by atoms with Crippen LogP contribution in [0.5, 0.6) is 0 Å². The van der Waals surface area contributed by atoms with E-state index in [1.54, 1.807) is 19.3 Å². The van der Waals surface area contributed by atoms with Crippen molar-refractivity contribution in [1.82, 2.24) is 25.3 Å². The van der Waals surface area contributed by atoms with Gasteiger partial charge in [-0.15, -0.1) is 0 Å². The monoisotopic (exact) mass is 316 g/mol. The number of rotatable bonds is 4. The van der Waals surface area contributed by atoms with Crippen LogP contribution >= 0.6 is 0 Å². The average Bonchev–Trinajstić information content (AvgIpc) is 3.10. The minimum atomic E-state index is -0.141. The smallest absolute Gasteiger partial charge is 0.266 e. The van der Waals surface area contributed by atoms with Gasteiger partial charge in [-0.3, -0.25) is 14.7 Å². The highest BCUT2D eigenvalue weighted by molar-refractivity contribution is 5.93. The zero-order valence-corrected chi connectivity index (χ0v) is 13.0. The number of amides is 1. The molecule has 0 saturated carbocycles. The Bertz CT molecular complexity index is 724. The SMILES string of the molecule is Cn1nc(N2CCCCC2CNC(=O)c2cn[nH]c2)ccc1=O. The predicted octanol–water partition coefficient (Wildman–Crippen LogP) is 0.292. The molecule has 3 rings (SSSR count). The minimum Gasteiger partial charge on any atom is -0.350 e. The van der Waals surface area contributed by atoms with Gasteiger partial charge < -0.3 is 10.2 Å². The lowest BCUT2D eigenvalue weighted by atomic mass is 10.0. The van der Waals surface area contributed by atoms with E-state index in [1.165, 1.54) is 16.9 Å². The Balaban J connectivity index is 1.70. The third-order valence-corrected chi connectivity index (χ3v) is 4.13. The standard InChI is InChI=1S/C15H20N6O2/c1-20-14(22)6-5-13(19-20)21-7-3-2-4-12(21)10-16-15(23)11-8-17-18-9-11/h5-6,8-9,12H,2-4,7,10H2,1H3,(H,16,23)(H,17,18). The second-order valence-corrected chi connectivity index (χ2v) is 5.69. The molecule has 0 radical (unpaired) electrons. The van der Waals surface area contributed by atoms with Gasteiger partial charge in [-0.05, 0) is 25.3 Å². The molecule has 3 heterocycles. The van der Waals surface area contributed by atoms with Crippen LogP contribution in [0.1, 0.15) is 29.6 Å². The first kappa shape index (κ1) is 15.3. The summed E-state index contributed by atoms with van der Waals surface area (Å²) in [5.74, 6) is 0.632. The molecule has 1 atom stereocenters.